The van der Waals surface area contributed by atoms with Gasteiger partial charge >= 0.3 is 0 Å². The molecule has 0 radical (unpaired) electrons. The molecule has 0 aliphatic carbocycles. The minimum absolute atomic E-state index is 0.206. The first-order valence-corrected chi connectivity index (χ1v) is 7.66. The van der Waals surface area contributed by atoms with Gasteiger partial charge in [0.15, 0.2) is 5.82 Å². The number of aromatic amines is 1. The lowest BCUT2D eigenvalue weighted by Gasteiger charge is -2.11. The fourth-order valence-corrected chi connectivity index (χ4v) is 2.91. The van der Waals surface area contributed by atoms with Crippen LogP contribution in [0.3, 0.4) is 0 Å². The Morgan fingerprint density at radius 2 is 2.10 bits per heavy atom. The largest absolute Gasteiger partial charge is 0.376 e. The molecule has 0 spiro atoms. The van der Waals surface area contributed by atoms with Crippen LogP contribution in [0.2, 0.25) is 0 Å². The van der Waals surface area contributed by atoms with Crippen LogP contribution in [0.25, 0.3) is 0 Å². The van der Waals surface area contributed by atoms with Crippen molar-refractivity contribution in [3.05, 3.63) is 30.1 Å². The van der Waals surface area contributed by atoms with Crippen LogP contribution in [-0.2, 0) is 16.6 Å². The average molecular weight is 296 g/mol. The van der Waals surface area contributed by atoms with Crippen LogP contribution in [0.5, 0.6) is 0 Å². The first kappa shape index (κ1) is 14.4. The summed E-state index contributed by atoms with van der Waals surface area (Å²) in [6.45, 7) is 2.60. The highest BCUT2D eigenvalue weighted by Crippen LogP contribution is 2.20. The zero-order valence-electron chi connectivity index (χ0n) is 11.0. The Morgan fingerprint density at radius 3 is 2.80 bits per heavy atom. The molecule has 3 N–H and O–H groups in total. The Kier molecular flexibility index (Phi) is 4.64. The Hall–Kier alpha value is -2.00. The maximum absolute atomic E-state index is 12.2. The summed E-state index contributed by atoms with van der Waals surface area (Å²) in [6, 6.07) is 6.69. The molecule has 0 bridgehead atoms. The van der Waals surface area contributed by atoms with Crippen LogP contribution in [0.1, 0.15) is 19.2 Å². The maximum atomic E-state index is 12.2. The van der Waals surface area contributed by atoms with Crippen molar-refractivity contribution in [1.82, 2.24) is 25.3 Å². The van der Waals surface area contributed by atoms with E-state index in [0.717, 1.165) is 6.42 Å². The Bertz CT molecular complexity index is 641. The number of H-pyrrole nitrogens is 1. The summed E-state index contributed by atoms with van der Waals surface area (Å²) in [7, 11) is -3.52. The van der Waals surface area contributed by atoms with Crippen LogP contribution in [0.4, 0.5) is 5.69 Å². The highest BCUT2D eigenvalue weighted by atomic mass is 32.2. The molecule has 0 unspecified atom stereocenters. The van der Waals surface area contributed by atoms with Gasteiger partial charge in [-0.25, -0.2) is 13.1 Å². The second kappa shape index (κ2) is 6.44. The normalized spacial score (nSPS) is 11.4. The lowest BCUT2D eigenvalue weighted by molar-refractivity contribution is 0.581. The summed E-state index contributed by atoms with van der Waals surface area (Å²) in [5.74, 6) is 0.457. The van der Waals surface area contributed by atoms with Gasteiger partial charge in [0, 0.05) is 6.54 Å². The number of sulfonamides is 1. The number of hydrogen-bond donors (Lipinski definition) is 3. The molecule has 1 aromatic carbocycles. The fraction of sp³-hybridized carbons (Fsp3) is 0.364. The molecular weight excluding hydrogens is 280 g/mol. The van der Waals surface area contributed by atoms with Crippen molar-refractivity contribution in [3.63, 3.8) is 0 Å². The zero-order valence-corrected chi connectivity index (χ0v) is 11.8. The smallest absolute Gasteiger partial charge is 0.242 e. The van der Waals surface area contributed by atoms with E-state index in [4.69, 9.17) is 0 Å². The zero-order chi connectivity index (χ0) is 14.4. The highest BCUT2D eigenvalue weighted by Gasteiger charge is 2.17. The van der Waals surface area contributed by atoms with Crippen molar-refractivity contribution in [1.29, 1.82) is 0 Å². The first-order chi connectivity index (χ1) is 9.63. The quantitative estimate of drug-likeness (QED) is 0.686. The standard InChI is InChI=1S/C11H16N6O2S/c1-2-7-13-20(18,19)10-6-4-3-5-9(10)12-8-11-14-16-17-15-11/h3-6,12-13H,2,7-8H2,1H3,(H,14,15,16,17). The molecule has 9 heteroatoms. The second-order valence-corrected chi connectivity index (χ2v) is 5.81. The summed E-state index contributed by atoms with van der Waals surface area (Å²) in [6.07, 6.45) is 0.734. The van der Waals surface area contributed by atoms with E-state index in [1.807, 2.05) is 6.92 Å². The molecule has 20 heavy (non-hydrogen) atoms. The molecule has 0 fully saturated rings. The molecule has 0 amide bonds. The molecule has 108 valence electrons. The topological polar surface area (TPSA) is 113 Å². The molecule has 0 saturated carbocycles. The van der Waals surface area contributed by atoms with Gasteiger partial charge in [-0.2, -0.15) is 5.21 Å². The van der Waals surface area contributed by atoms with E-state index >= 15 is 0 Å². The molecule has 0 atom stereocenters. The molecule has 2 rings (SSSR count). The van der Waals surface area contributed by atoms with E-state index in [-0.39, 0.29) is 11.4 Å². The number of hydrogen-bond acceptors (Lipinski definition) is 6. The van der Waals surface area contributed by atoms with E-state index in [0.29, 0.717) is 18.1 Å². The second-order valence-electron chi connectivity index (χ2n) is 4.08. The van der Waals surface area contributed by atoms with E-state index in [9.17, 15) is 8.42 Å². The van der Waals surface area contributed by atoms with Gasteiger partial charge in [0.1, 0.15) is 4.90 Å². The predicted molar refractivity (Wildman–Crippen MR) is 73.4 cm³/mol. The molecular formula is C11H16N6O2S. The lowest BCUT2D eigenvalue weighted by atomic mass is 10.3. The third kappa shape index (κ3) is 3.52. The number of aromatic nitrogens is 4. The van der Waals surface area contributed by atoms with E-state index in [1.54, 1.807) is 24.3 Å². The molecule has 0 aliphatic rings. The number of nitrogens with zero attached hydrogens (tertiary/aromatic N) is 3. The van der Waals surface area contributed by atoms with E-state index in [1.165, 1.54) is 0 Å². The third-order valence-corrected chi connectivity index (χ3v) is 4.06. The van der Waals surface area contributed by atoms with Crippen molar-refractivity contribution >= 4 is 15.7 Å². The van der Waals surface area contributed by atoms with Crippen LogP contribution in [0, 0.1) is 0 Å². The first-order valence-electron chi connectivity index (χ1n) is 6.18. The Labute approximate surface area is 117 Å². The van der Waals surface area contributed by atoms with Gasteiger partial charge in [0.05, 0.1) is 12.2 Å². The fourth-order valence-electron chi connectivity index (χ4n) is 1.59. The number of rotatable bonds is 7. The molecule has 2 aromatic rings. The molecule has 0 saturated heterocycles. The highest BCUT2D eigenvalue weighted by molar-refractivity contribution is 7.89. The summed E-state index contributed by atoms with van der Waals surface area (Å²) in [5.41, 5.74) is 0.501. The molecule has 1 aromatic heterocycles. The summed E-state index contributed by atoms with van der Waals surface area (Å²) in [4.78, 5) is 0.206. The third-order valence-electron chi connectivity index (χ3n) is 2.54. The van der Waals surface area contributed by atoms with Gasteiger partial charge in [0.2, 0.25) is 10.0 Å². The number of nitrogens with one attached hydrogen (secondary N) is 3. The molecule has 0 aliphatic heterocycles. The predicted octanol–water partition coefficient (Wildman–Crippen LogP) is 0.500. The number of benzene rings is 1. The monoisotopic (exact) mass is 296 g/mol. The summed E-state index contributed by atoms with van der Waals surface area (Å²) < 4.78 is 26.9. The summed E-state index contributed by atoms with van der Waals surface area (Å²) in [5, 5.41) is 16.4. The van der Waals surface area contributed by atoms with Gasteiger partial charge in [0.25, 0.3) is 0 Å². The van der Waals surface area contributed by atoms with Crippen LogP contribution in [-0.4, -0.2) is 35.6 Å². The lowest BCUT2D eigenvalue weighted by Crippen LogP contribution is -2.25. The maximum Gasteiger partial charge on any atom is 0.242 e. The number of tetrazole rings is 1. The van der Waals surface area contributed by atoms with Gasteiger partial charge in [-0.1, -0.05) is 24.3 Å². The summed E-state index contributed by atoms with van der Waals surface area (Å²) >= 11 is 0. The van der Waals surface area contributed by atoms with Crippen molar-refractivity contribution in [2.75, 3.05) is 11.9 Å². The Morgan fingerprint density at radius 1 is 1.30 bits per heavy atom. The van der Waals surface area contributed by atoms with E-state index < -0.39 is 10.0 Å². The van der Waals surface area contributed by atoms with Crippen LogP contribution in [0.15, 0.2) is 29.2 Å². The van der Waals surface area contributed by atoms with Crippen molar-refractivity contribution in [2.24, 2.45) is 0 Å². The minimum Gasteiger partial charge on any atom is -0.376 e. The Balaban J connectivity index is 2.17. The van der Waals surface area contributed by atoms with Gasteiger partial charge < -0.3 is 5.32 Å². The van der Waals surface area contributed by atoms with Gasteiger partial charge in [-0.3, -0.25) is 0 Å². The van der Waals surface area contributed by atoms with Crippen molar-refractivity contribution in [3.8, 4) is 0 Å². The van der Waals surface area contributed by atoms with Crippen molar-refractivity contribution < 1.29 is 8.42 Å². The SMILES string of the molecule is CCCNS(=O)(=O)c1ccccc1NCc1nn[nH]n1. The van der Waals surface area contributed by atoms with Crippen LogP contribution >= 0.6 is 0 Å². The number of para-hydroxylation sites is 1. The number of anilines is 1. The minimum atomic E-state index is -3.52. The molecule has 1 heterocycles. The van der Waals surface area contributed by atoms with Gasteiger partial charge in [-0.05, 0) is 18.6 Å². The van der Waals surface area contributed by atoms with E-state index in [2.05, 4.69) is 30.7 Å². The van der Waals surface area contributed by atoms with Crippen LogP contribution < -0.4 is 10.0 Å². The average Bonchev–Trinajstić information content (AvgIpc) is 2.96. The van der Waals surface area contributed by atoms with Gasteiger partial charge in [-0.15, -0.1) is 10.2 Å². The molecule has 8 nitrogen and oxygen atoms in total. The van der Waals surface area contributed by atoms with Crippen molar-refractivity contribution in [2.45, 2.75) is 24.8 Å².